The lowest BCUT2D eigenvalue weighted by molar-refractivity contribution is 0.0698. The Morgan fingerprint density at radius 1 is 1.11 bits per heavy atom. The fraction of sp³-hybridized carbons (Fsp3) is 0.133. The summed E-state index contributed by atoms with van der Waals surface area (Å²) in [5.74, 6) is -0.928. The van der Waals surface area contributed by atoms with Crippen molar-refractivity contribution in [2.45, 2.75) is 13.3 Å². The molecule has 3 nitrogen and oxygen atoms in total. The number of aromatic carboxylic acids is 1. The number of carboxylic acids is 1. The molecule has 0 atom stereocenters. The quantitative estimate of drug-likeness (QED) is 0.858. The largest absolute Gasteiger partial charge is 0.478 e. The zero-order valence-corrected chi connectivity index (χ0v) is 10.2. The number of hydrogen-bond donors (Lipinski definition) is 2. The normalized spacial score (nSPS) is 10.1. The Hall–Kier alpha value is -2.29. The molecule has 0 aliphatic heterocycles. The molecule has 92 valence electrons. The monoisotopic (exact) mass is 241 g/mol. The average Bonchev–Trinajstić information content (AvgIpc) is 2.40. The number of rotatable bonds is 4. The SMILES string of the molecule is CCc1ccc(Nc2ccccc2C(=O)O)cc1. The van der Waals surface area contributed by atoms with Crippen molar-refractivity contribution in [3.8, 4) is 0 Å². The summed E-state index contributed by atoms with van der Waals surface area (Å²) in [5, 5.41) is 12.2. The van der Waals surface area contributed by atoms with Crippen molar-refractivity contribution < 1.29 is 9.90 Å². The van der Waals surface area contributed by atoms with Gasteiger partial charge < -0.3 is 10.4 Å². The van der Waals surface area contributed by atoms with Crippen molar-refractivity contribution in [2.75, 3.05) is 5.32 Å². The minimum absolute atomic E-state index is 0.275. The Morgan fingerprint density at radius 2 is 1.78 bits per heavy atom. The molecule has 0 spiro atoms. The molecule has 2 N–H and O–H groups in total. The molecule has 0 heterocycles. The van der Waals surface area contributed by atoms with E-state index in [0.29, 0.717) is 5.69 Å². The number of carbonyl (C=O) groups is 1. The predicted octanol–water partition coefficient (Wildman–Crippen LogP) is 3.69. The molecule has 2 aromatic rings. The lowest BCUT2D eigenvalue weighted by Gasteiger charge is -2.09. The first-order valence-corrected chi connectivity index (χ1v) is 5.89. The van der Waals surface area contributed by atoms with Gasteiger partial charge in [0.1, 0.15) is 0 Å². The van der Waals surface area contributed by atoms with Crippen LogP contribution in [-0.2, 0) is 6.42 Å². The summed E-state index contributed by atoms with van der Waals surface area (Å²) in [4.78, 5) is 11.1. The predicted molar refractivity (Wildman–Crippen MR) is 72.5 cm³/mol. The van der Waals surface area contributed by atoms with Crippen LogP contribution in [0.25, 0.3) is 0 Å². The van der Waals surface area contributed by atoms with Crippen LogP contribution in [0.4, 0.5) is 11.4 Å². The van der Waals surface area contributed by atoms with Crippen LogP contribution in [0.2, 0.25) is 0 Å². The molecule has 2 aromatic carbocycles. The maximum atomic E-state index is 11.1. The van der Waals surface area contributed by atoms with Gasteiger partial charge in [-0.05, 0) is 36.2 Å². The van der Waals surface area contributed by atoms with Crippen LogP contribution in [0, 0.1) is 0 Å². The molecular weight excluding hydrogens is 226 g/mol. The third-order valence-electron chi connectivity index (χ3n) is 2.80. The molecule has 0 aliphatic rings. The molecule has 3 heteroatoms. The van der Waals surface area contributed by atoms with Gasteiger partial charge in [-0.1, -0.05) is 31.2 Å². The van der Waals surface area contributed by atoms with Gasteiger partial charge in [-0.25, -0.2) is 4.79 Å². The molecule has 0 aliphatic carbocycles. The molecule has 0 amide bonds. The maximum Gasteiger partial charge on any atom is 0.337 e. The number of para-hydroxylation sites is 1. The summed E-state index contributed by atoms with van der Waals surface area (Å²) in [7, 11) is 0. The smallest absolute Gasteiger partial charge is 0.337 e. The average molecular weight is 241 g/mol. The van der Waals surface area contributed by atoms with E-state index < -0.39 is 5.97 Å². The van der Waals surface area contributed by atoms with Crippen molar-refractivity contribution in [3.05, 3.63) is 59.7 Å². The van der Waals surface area contributed by atoms with Crippen LogP contribution < -0.4 is 5.32 Å². The Balaban J connectivity index is 2.25. The van der Waals surface area contributed by atoms with Crippen molar-refractivity contribution in [2.24, 2.45) is 0 Å². The zero-order valence-electron chi connectivity index (χ0n) is 10.2. The molecular formula is C15H15NO2. The van der Waals surface area contributed by atoms with E-state index in [2.05, 4.69) is 12.2 Å². The van der Waals surface area contributed by atoms with Crippen LogP contribution in [-0.4, -0.2) is 11.1 Å². The van der Waals surface area contributed by atoms with Gasteiger partial charge in [-0.2, -0.15) is 0 Å². The second-order valence-corrected chi connectivity index (χ2v) is 4.03. The van der Waals surface area contributed by atoms with Crippen LogP contribution >= 0.6 is 0 Å². The van der Waals surface area contributed by atoms with Gasteiger partial charge in [0.15, 0.2) is 0 Å². The Bertz CT molecular complexity index is 547. The Kier molecular flexibility index (Phi) is 3.63. The minimum Gasteiger partial charge on any atom is -0.478 e. The van der Waals surface area contributed by atoms with Gasteiger partial charge >= 0.3 is 5.97 Å². The lowest BCUT2D eigenvalue weighted by atomic mass is 10.1. The molecule has 0 radical (unpaired) electrons. The molecule has 0 fully saturated rings. The van der Waals surface area contributed by atoms with Gasteiger partial charge in [-0.3, -0.25) is 0 Å². The van der Waals surface area contributed by atoms with E-state index in [9.17, 15) is 4.79 Å². The molecule has 0 unspecified atom stereocenters. The van der Waals surface area contributed by atoms with Crippen molar-refractivity contribution in [3.63, 3.8) is 0 Å². The van der Waals surface area contributed by atoms with Crippen molar-refractivity contribution in [1.82, 2.24) is 0 Å². The Morgan fingerprint density at radius 3 is 2.39 bits per heavy atom. The Labute approximate surface area is 106 Å². The fourth-order valence-corrected chi connectivity index (χ4v) is 1.76. The molecule has 0 aromatic heterocycles. The molecule has 0 bridgehead atoms. The molecule has 0 saturated heterocycles. The molecule has 2 rings (SSSR count). The number of carboxylic acid groups (broad SMARTS) is 1. The summed E-state index contributed by atoms with van der Waals surface area (Å²) in [6.45, 7) is 2.10. The highest BCUT2D eigenvalue weighted by Crippen LogP contribution is 2.21. The van der Waals surface area contributed by atoms with E-state index in [1.807, 2.05) is 30.3 Å². The highest BCUT2D eigenvalue weighted by Gasteiger charge is 2.08. The van der Waals surface area contributed by atoms with Gasteiger partial charge in [0.05, 0.1) is 11.3 Å². The van der Waals surface area contributed by atoms with E-state index in [1.54, 1.807) is 18.2 Å². The maximum absolute atomic E-state index is 11.1. The van der Waals surface area contributed by atoms with Gasteiger partial charge in [-0.15, -0.1) is 0 Å². The summed E-state index contributed by atoms with van der Waals surface area (Å²) >= 11 is 0. The number of aryl methyl sites for hydroxylation is 1. The van der Waals surface area contributed by atoms with E-state index in [-0.39, 0.29) is 5.56 Å². The summed E-state index contributed by atoms with van der Waals surface area (Å²) in [5.41, 5.74) is 3.03. The second-order valence-electron chi connectivity index (χ2n) is 4.03. The number of anilines is 2. The molecule has 18 heavy (non-hydrogen) atoms. The summed E-state index contributed by atoms with van der Waals surface area (Å²) in [6.07, 6.45) is 0.992. The van der Waals surface area contributed by atoms with E-state index >= 15 is 0 Å². The van der Waals surface area contributed by atoms with Crippen LogP contribution in [0.15, 0.2) is 48.5 Å². The topological polar surface area (TPSA) is 49.3 Å². The van der Waals surface area contributed by atoms with Crippen LogP contribution in [0.3, 0.4) is 0 Å². The van der Waals surface area contributed by atoms with E-state index in [0.717, 1.165) is 12.1 Å². The lowest BCUT2D eigenvalue weighted by Crippen LogP contribution is -2.02. The zero-order chi connectivity index (χ0) is 13.0. The number of hydrogen-bond acceptors (Lipinski definition) is 2. The number of benzene rings is 2. The van der Waals surface area contributed by atoms with Gasteiger partial charge in [0, 0.05) is 5.69 Å². The minimum atomic E-state index is -0.928. The standard InChI is InChI=1S/C15H15NO2/c1-2-11-7-9-12(10-8-11)16-14-6-4-3-5-13(14)15(17)18/h3-10,16H,2H2,1H3,(H,17,18). The third kappa shape index (κ3) is 2.69. The summed E-state index contributed by atoms with van der Waals surface area (Å²) < 4.78 is 0. The summed E-state index contributed by atoms with van der Waals surface area (Å²) in [6, 6.07) is 14.9. The van der Waals surface area contributed by atoms with Gasteiger partial charge in [0.25, 0.3) is 0 Å². The van der Waals surface area contributed by atoms with Crippen LogP contribution in [0.1, 0.15) is 22.8 Å². The van der Waals surface area contributed by atoms with E-state index in [1.165, 1.54) is 5.56 Å². The number of nitrogens with one attached hydrogen (secondary N) is 1. The highest BCUT2D eigenvalue weighted by atomic mass is 16.4. The third-order valence-corrected chi connectivity index (χ3v) is 2.80. The first-order valence-electron chi connectivity index (χ1n) is 5.89. The fourth-order valence-electron chi connectivity index (χ4n) is 1.76. The highest BCUT2D eigenvalue weighted by molar-refractivity contribution is 5.95. The molecule has 0 saturated carbocycles. The van der Waals surface area contributed by atoms with Crippen molar-refractivity contribution in [1.29, 1.82) is 0 Å². The van der Waals surface area contributed by atoms with Crippen LogP contribution in [0.5, 0.6) is 0 Å². The van der Waals surface area contributed by atoms with Crippen molar-refractivity contribution >= 4 is 17.3 Å². The first-order chi connectivity index (χ1) is 8.70. The first kappa shape index (κ1) is 12.2. The second kappa shape index (κ2) is 5.36. The van der Waals surface area contributed by atoms with Gasteiger partial charge in [0.2, 0.25) is 0 Å². The van der Waals surface area contributed by atoms with E-state index in [4.69, 9.17) is 5.11 Å².